The smallest absolute Gasteiger partial charge is 0.252 e. The van der Waals surface area contributed by atoms with Crippen LogP contribution >= 0.6 is 15.9 Å². The van der Waals surface area contributed by atoms with Gasteiger partial charge in [-0.25, -0.2) is 0 Å². The summed E-state index contributed by atoms with van der Waals surface area (Å²) in [4.78, 5) is 11.4. The lowest BCUT2D eigenvalue weighted by molar-refractivity contribution is -0.0782. The van der Waals surface area contributed by atoms with Gasteiger partial charge in [-0.1, -0.05) is 15.9 Å². The van der Waals surface area contributed by atoms with E-state index in [4.69, 9.17) is 16.2 Å². The standard InChI is InChI=1S/C14H17BrN2O2/c15-8-1-2-11(13(17)18)12(3-8)19-10-6-14(7-10)4-9(16)5-14/h1-3,9-10H,4-7,16H2,(H2,17,18). The van der Waals surface area contributed by atoms with Gasteiger partial charge in [0.15, 0.2) is 0 Å². The molecule has 5 heteroatoms. The first-order chi connectivity index (χ1) is 8.97. The van der Waals surface area contributed by atoms with Crippen LogP contribution in [-0.2, 0) is 0 Å². The molecule has 102 valence electrons. The van der Waals surface area contributed by atoms with Crippen LogP contribution in [0.1, 0.15) is 36.0 Å². The van der Waals surface area contributed by atoms with Crippen LogP contribution in [0.15, 0.2) is 22.7 Å². The number of halogens is 1. The molecular formula is C14H17BrN2O2. The van der Waals surface area contributed by atoms with Gasteiger partial charge in [-0.2, -0.15) is 0 Å². The molecule has 1 amide bonds. The van der Waals surface area contributed by atoms with Gasteiger partial charge in [-0.3, -0.25) is 4.79 Å². The van der Waals surface area contributed by atoms with Crippen LogP contribution in [0.5, 0.6) is 5.75 Å². The molecule has 19 heavy (non-hydrogen) atoms. The first-order valence-corrected chi connectivity index (χ1v) is 7.28. The summed E-state index contributed by atoms with van der Waals surface area (Å²) < 4.78 is 6.80. The molecule has 0 bridgehead atoms. The first kappa shape index (κ1) is 12.9. The molecule has 0 heterocycles. The average Bonchev–Trinajstić information content (AvgIpc) is 2.23. The lowest BCUT2D eigenvalue weighted by Crippen LogP contribution is -2.56. The van der Waals surface area contributed by atoms with Crippen molar-refractivity contribution in [3.05, 3.63) is 28.2 Å². The molecule has 1 aromatic rings. The third-order valence-electron chi connectivity index (χ3n) is 4.21. The van der Waals surface area contributed by atoms with Crippen LogP contribution in [0.2, 0.25) is 0 Å². The van der Waals surface area contributed by atoms with Gasteiger partial charge in [-0.15, -0.1) is 0 Å². The van der Waals surface area contributed by atoms with E-state index in [9.17, 15) is 4.79 Å². The highest BCUT2D eigenvalue weighted by molar-refractivity contribution is 9.10. The molecule has 1 spiro atoms. The summed E-state index contributed by atoms with van der Waals surface area (Å²) in [6.07, 6.45) is 4.46. The van der Waals surface area contributed by atoms with E-state index in [-0.39, 0.29) is 6.10 Å². The number of hydrogen-bond donors (Lipinski definition) is 2. The summed E-state index contributed by atoms with van der Waals surface area (Å²) in [5, 5.41) is 0. The lowest BCUT2D eigenvalue weighted by Gasteiger charge is -2.56. The molecule has 0 atom stereocenters. The summed E-state index contributed by atoms with van der Waals surface area (Å²) in [7, 11) is 0. The van der Waals surface area contributed by atoms with E-state index in [1.54, 1.807) is 18.2 Å². The zero-order valence-electron chi connectivity index (χ0n) is 10.6. The summed E-state index contributed by atoms with van der Waals surface area (Å²) in [5.74, 6) is 0.118. The maximum Gasteiger partial charge on any atom is 0.252 e. The van der Waals surface area contributed by atoms with Crippen LogP contribution in [-0.4, -0.2) is 18.1 Å². The zero-order valence-corrected chi connectivity index (χ0v) is 12.2. The van der Waals surface area contributed by atoms with Gasteiger partial charge in [0.25, 0.3) is 5.91 Å². The zero-order chi connectivity index (χ0) is 13.6. The number of carbonyl (C=O) groups excluding carboxylic acids is 1. The van der Waals surface area contributed by atoms with E-state index in [0.717, 1.165) is 30.2 Å². The fourth-order valence-corrected chi connectivity index (χ4v) is 3.69. The maximum absolute atomic E-state index is 11.4. The minimum absolute atomic E-state index is 0.180. The summed E-state index contributed by atoms with van der Waals surface area (Å²) in [6.45, 7) is 0. The molecule has 0 saturated heterocycles. The minimum atomic E-state index is -0.456. The normalized spacial score (nSPS) is 32.5. The predicted molar refractivity (Wildman–Crippen MR) is 76.0 cm³/mol. The van der Waals surface area contributed by atoms with Crippen molar-refractivity contribution < 1.29 is 9.53 Å². The second-order valence-electron chi connectivity index (χ2n) is 5.82. The number of primary amides is 1. The Balaban J connectivity index is 1.68. The summed E-state index contributed by atoms with van der Waals surface area (Å²) in [6, 6.07) is 5.65. The molecule has 1 aromatic carbocycles. The van der Waals surface area contributed by atoms with Crippen LogP contribution < -0.4 is 16.2 Å². The molecule has 2 fully saturated rings. The van der Waals surface area contributed by atoms with Gasteiger partial charge < -0.3 is 16.2 Å². The molecule has 0 aliphatic heterocycles. The fourth-order valence-electron chi connectivity index (χ4n) is 3.35. The number of hydrogen-bond acceptors (Lipinski definition) is 3. The van der Waals surface area contributed by atoms with E-state index < -0.39 is 5.91 Å². The molecule has 3 rings (SSSR count). The van der Waals surface area contributed by atoms with Crippen molar-refractivity contribution in [3.63, 3.8) is 0 Å². The summed E-state index contributed by atoms with van der Waals surface area (Å²) >= 11 is 3.38. The van der Waals surface area contributed by atoms with Crippen molar-refractivity contribution in [1.82, 2.24) is 0 Å². The Morgan fingerprint density at radius 1 is 1.32 bits per heavy atom. The van der Waals surface area contributed by atoms with Gasteiger partial charge >= 0.3 is 0 Å². The topological polar surface area (TPSA) is 78.3 Å². The van der Waals surface area contributed by atoms with Gasteiger partial charge in [0, 0.05) is 10.5 Å². The molecule has 2 aliphatic rings. The Morgan fingerprint density at radius 3 is 2.58 bits per heavy atom. The van der Waals surface area contributed by atoms with Crippen molar-refractivity contribution >= 4 is 21.8 Å². The van der Waals surface area contributed by atoms with Gasteiger partial charge in [0.05, 0.1) is 11.7 Å². The maximum atomic E-state index is 11.4. The van der Waals surface area contributed by atoms with Crippen molar-refractivity contribution in [1.29, 1.82) is 0 Å². The van der Waals surface area contributed by atoms with E-state index in [1.165, 1.54) is 0 Å². The van der Waals surface area contributed by atoms with Gasteiger partial charge in [0.1, 0.15) is 5.75 Å². The number of rotatable bonds is 3. The number of amides is 1. The largest absolute Gasteiger partial charge is 0.490 e. The second kappa shape index (κ2) is 4.49. The summed E-state index contributed by atoms with van der Waals surface area (Å²) in [5.41, 5.74) is 12.1. The molecule has 4 nitrogen and oxygen atoms in total. The highest BCUT2D eigenvalue weighted by atomic mass is 79.9. The third-order valence-corrected chi connectivity index (χ3v) is 4.71. The second-order valence-corrected chi connectivity index (χ2v) is 6.74. The van der Waals surface area contributed by atoms with Crippen LogP contribution in [0.25, 0.3) is 0 Å². The predicted octanol–water partition coefficient (Wildman–Crippen LogP) is 2.20. The number of benzene rings is 1. The number of carbonyl (C=O) groups is 1. The van der Waals surface area contributed by atoms with Gasteiger partial charge in [0.2, 0.25) is 0 Å². The Kier molecular flexibility index (Phi) is 3.06. The van der Waals surface area contributed by atoms with Crippen molar-refractivity contribution in [2.75, 3.05) is 0 Å². The lowest BCUT2D eigenvalue weighted by atomic mass is 9.53. The molecule has 2 aliphatic carbocycles. The Bertz CT molecular complexity index is 518. The Hall–Kier alpha value is -1.07. The van der Waals surface area contributed by atoms with E-state index in [0.29, 0.717) is 22.8 Å². The Morgan fingerprint density at radius 2 is 2.00 bits per heavy atom. The SMILES string of the molecule is NC(=O)c1ccc(Br)cc1OC1CC2(CC(N)C2)C1. The molecule has 4 N–H and O–H groups in total. The van der Waals surface area contributed by atoms with Crippen molar-refractivity contribution in [3.8, 4) is 5.75 Å². The van der Waals surface area contributed by atoms with E-state index in [1.807, 2.05) is 0 Å². The molecule has 2 saturated carbocycles. The van der Waals surface area contributed by atoms with Crippen LogP contribution in [0, 0.1) is 5.41 Å². The first-order valence-electron chi connectivity index (χ1n) is 6.49. The molecule has 0 unspecified atom stereocenters. The highest BCUT2D eigenvalue weighted by Gasteiger charge is 2.52. The monoisotopic (exact) mass is 324 g/mol. The minimum Gasteiger partial charge on any atom is -0.490 e. The van der Waals surface area contributed by atoms with Crippen molar-refractivity contribution in [2.45, 2.75) is 37.8 Å². The molecule has 0 radical (unpaired) electrons. The fraction of sp³-hybridized carbons (Fsp3) is 0.500. The average molecular weight is 325 g/mol. The van der Waals surface area contributed by atoms with Crippen LogP contribution in [0.3, 0.4) is 0 Å². The van der Waals surface area contributed by atoms with Crippen molar-refractivity contribution in [2.24, 2.45) is 16.9 Å². The number of ether oxygens (including phenoxy) is 1. The Labute approximate surface area is 120 Å². The van der Waals surface area contributed by atoms with Crippen LogP contribution in [0.4, 0.5) is 0 Å². The highest BCUT2D eigenvalue weighted by Crippen LogP contribution is 2.56. The molecular weight excluding hydrogens is 308 g/mol. The van der Waals surface area contributed by atoms with Gasteiger partial charge in [-0.05, 0) is 49.3 Å². The number of nitrogens with two attached hydrogens (primary N) is 2. The van der Waals surface area contributed by atoms with E-state index >= 15 is 0 Å². The third kappa shape index (κ3) is 2.37. The van der Waals surface area contributed by atoms with E-state index in [2.05, 4.69) is 15.9 Å². The quantitative estimate of drug-likeness (QED) is 0.894. The molecule has 0 aromatic heterocycles.